The number of ether oxygens (including phenoxy) is 1. The molecular formula is C29H36O4. The van der Waals surface area contributed by atoms with Crippen LogP contribution in [0.25, 0.3) is 0 Å². The highest BCUT2D eigenvalue weighted by atomic mass is 16.5. The van der Waals surface area contributed by atoms with E-state index in [4.69, 9.17) is 9.84 Å². The molecule has 0 saturated heterocycles. The Bertz CT molecular complexity index is 1020. The zero-order valence-electron chi connectivity index (χ0n) is 20.7. The van der Waals surface area contributed by atoms with E-state index in [-0.39, 0.29) is 29.8 Å². The summed E-state index contributed by atoms with van der Waals surface area (Å²) in [5, 5.41) is 8.70. The Kier molecular flexibility index (Phi) is 8.88. The maximum absolute atomic E-state index is 12.8. The molecule has 4 nitrogen and oxygen atoms in total. The molecule has 4 heteroatoms. The molecule has 33 heavy (non-hydrogen) atoms. The number of carbonyl (C=O) groups is 2. The Morgan fingerprint density at radius 2 is 1.42 bits per heavy atom. The number of rotatable bonds is 7. The quantitative estimate of drug-likeness (QED) is 0.299. The van der Waals surface area contributed by atoms with E-state index in [1.54, 1.807) is 0 Å². The van der Waals surface area contributed by atoms with Crippen molar-refractivity contribution < 1.29 is 19.4 Å². The lowest BCUT2D eigenvalue weighted by Gasteiger charge is -2.22. The molecular weight excluding hydrogens is 412 g/mol. The molecule has 0 spiro atoms. The van der Waals surface area contributed by atoms with Crippen LogP contribution in [0.2, 0.25) is 0 Å². The van der Waals surface area contributed by atoms with E-state index in [9.17, 15) is 9.59 Å². The topological polar surface area (TPSA) is 63.6 Å². The van der Waals surface area contributed by atoms with Gasteiger partial charge in [-0.15, -0.1) is 0 Å². The Labute approximate surface area is 198 Å². The Morgan fingerprint density at radius 1 is 0.818 bits per heavy atom. The van der Waals surface area contributed by atoms with Gasteiger partial charge < -0.3 is 9.84 Å². The molecule has 176 valence electrons. The van der Waals surface area contributed by atoms with E-state index in [2.05, 4.69) is 65.5 Å². The summed E-state index contributed by atoms with van der Waals surface area (Å²) < 4.78 is 5.50. The average molecular weight is 449 g/mol. The number of hydrogen-bond acceptors (Lipinski definition) is 3. The van der Waals surface area contributed by atoms with Gasteiger partial charge in [-0.2, -0.15) is 0 Å². The normalized spacial score (nSPS) is 11.5. The number of benzene rings is 2. The summed E-state index contributed by atoms with van der Waals surface area (Å²) in [6.07, 6.45) is 2.09. The second-order valence-corrected chi connectivity index (χ2v) is 10.4. The third-order valence-electron chi connectivity index (χ3n) is 5.42. The van der Waals surface area contributed by atoms with Gasteiger partial charge in [-0.3, -0.25) is 4.79 Å². The molecule has 0 radical (unpaired) electrons. The van der Waals surface area contributed by atoms with Gasteiger partial charge in [0.05, 0.1) is 12.2 Å². The van der Waals surface area contributed by atoms with E-state index in [0.717, 1.165) is 16.7 Å². The Hall–Kier alpha value is -3.06. The maximum Gasteiger partial charge on any atom is 0.338 e. The van der Waals surface area contributed by atoms with Gasteiger partial charge in [0.2, 0.25) is 0 Å². The van der Waals surface area contributed by atoms with Crippen LogP contribution in [0.1, 0.15) is 99.8 Å². The molecule has 2 aromatic rings. The zero-order chi connectivity index (χ0) is 24.6. The van der Waals surface area contributed by atoms with Crippen LogP contribution >= 0.6 is 0 Å². The number of carboxylic acid groups (broad SMARTS) is 1. The van der Waals surface area contributed by atoms with Gasteiger partial charge in [0.25, 0.3) is 0 Å². The molecule has 0 unspecified atom stereocenters. The van der Waals surface area contributed by atoms with Crippen molar-refractivity contribution in [2.45, 2.75) is 78.1 Å². The van der Waals surface area contributed by atoms with Crippen LogP contribution in [0.15, 0.2) is 42.5 Å². The van der Waals surface area contributed by atoms with Crippen molar-refractivity contribution in [3.05, 3.63) is 70.3 Å². The van der Waals surface area contributed by atoms with Crippen LogP contribution in [-0.4, -0.2) is 23.7 Å². The van der Waals surface area contributed by atoms with Crippen LogP contribution in [-0.2, 0) is 20.4 Å². The highest BCUT2D eigenvalue weighted by Gasteiger charge is 2.23. The summed E-state index contributed by atoms with van der Waals surface area (Å²) in [5.41, 5.74) is 4.27. The minimum atomic E-state index is -0.801. The van der Waals surface area contributed by atoms with Crippen molar-refractivity contribution in [3.8, 4) is 11.8 Å². The van der Waals surface area contributed by atoms with Crippen molar-refractivity contribution in [2.24, 2.45) is 0 Å². The summed E-state index contributed by atoms with van der Waals surface area (Å²) in [7, 11) is 0. The monoisotopic (exact) mass is 448 g/mol. The van der Waals surface area contributed by atoms with Crippen molar-refractivity contribution in [1.82, 2.24) is 0 Å². The third kappa shape index (κ3) is 8.42. The standard InChI is InChI=1S/C29H36O4/c1-28(2,3)23-16-13-21(14-17-23)11-12-22-15-18-25(29(4,5)6)24(20-22)27(32)33-19-9-7-8-10-26(30)31/h13-18,20H,7-10,19H2,1-6H3,(H,30,31). The second kappa shape index (κ2) is 11.2. The van der Waals surface area contributed by atoms with Crippen LogP contribution < -0.4 is 0 Å². The van der Waals surface area contributed by atoms with Gasteiger partial charge in [-0.1, -0.05) is 71.6 Å². The van der Waals surface area contributed by atoms with Crippen LogP contribution in [0, 0.1) is 11.8 Å². The molecule has 0 bridgehead atoms. The molecule has 0 saturated carbocycles. The van der Waals surface area contributed by atoms with Crippen molar-refractivity contribution in [2.75, 3.05) is 6.61 Å². The number of aliphatic carboxylic acids is 1. The fourth-order valence-electron chi connectivity index (χ4n) is 3.44. The van der Waals surface area contributed by atoms with E-state index < -0.39 is 5.97 Å². The highest BCUT2D eigenvalue weighted by molar-refractivity contribution is 5.92. The lowest BCUT2D eigenvalue weighted by molar-refractivity contribution is -0.137. The lowest BCUT2D eigenvalue weighted by Crippen LogP contribution is -2.19. The fourth-order valence-corrected chi connectivity index (χ4v) is 3.44. The summed E-state index contributed by atoms with van der Waals surface area (Å²) in [6, 6.07) is 14.0. The summed E-state index contributed by atoms with van der Waals surface area (Å²) in [5.74, 6) is 5.20. The van der Waals surface area contributed by atoms with Crippen molar-refractivity contribution in [3.63, 3.8) is 0 Å². The minimum Gasteiger partial charge on any atom is -0.481 e. The molecule has 0 aromatic heterocycles. The van der Waals surface area contributed by atoms with E-state index in [1.165, 1.54) is 5.56 Å². The molecule has 0 atom stereocenters. The molecule has 1 N–H and O–H groups in total. The van der Waals surface area contributed by atoms with Crippen LogP contribution in [0.4, 0.5) is 0 Å². The molecule has 0 amide bonds. The summed E-state index contributed by atoms with van der Waals surface area (Å²) in [6.45, 7) is 13.0. The molecule has 0 aliphatic carbocycles. The predicted octanol–water partition coefficient (Wildman–Crippen LogP) is 6.48. The number of carbonyl (C=O) groups excluding carboxylic acids is 1. The van der Waals surface area contributed by atoms with Gasteiger partial charge in [-0.05, 0) is 65.5 Å². The highest BCUT2D eigenvalue weighted by Crippen LogP contribution is 2.27. The Morgan fingerprint density at radius 3 is 2.00 bits per heavy atom. The van der Waals surface area contributed by atoms with Gasteiger partial charge in [0.1, 0.15) is 0 Å². The number of carboxylic acids is 1. The maximum atomic E-state index is 12.8. The first-order valence-electron chi connectivity index (χ1n) is 11.5. The largest absolute Gasteiger partial charge is 0.481 e. The van der Waals surface area contributed by atoms with Crippen molar-refractivity contribution in [1.29, 1.82) is 0 Å². The Balaban J connectivity index is 2.16. The molecule has 0 heterocycles. The summed E-state index contributed by atoms with van der Waals surface area (Å²) >= 11 is 0. The predicted molar refractivity (Wildman–Crippen MR) is 133 cm³/mol. The third-order valence-corrected chi connectivity index (χ3v) is 5.42. The first kappa shape index (κ1) is 26.2. The van der Waals surface area contributed by atoms with Crippen LogP contribution in [0.5, 0.6) is 0 Å². The molecule has 0 fully saturated rings. The first-order chi connectivity index (χ1) is 15.4. The smallest absolute Gasteiger partial charge is 0.338 e. The first-order valence-corrected chi connectivity index (χ1v) is 11.5. The van der Waals surface area contributed by atoms with Gasteiger partial charge in [-0.25, -0.2) is 4.79 Å². The molecule has 0 aliphatic rings. The average Bonchev–Trinajstić information content (AvgIpc) is 2.73. The van der Waals surface area contributed by atoms with E-state index in [1.807, 2.05) is 30.3 Å². The van der Waals surface area contributed by atoms with Gasteiger partial charge in [0, 0.05) is 17.5 Å². The van der Waals surface area contributed by atoms with Crippen molar-refractivity contribution >= 4 is 11.9 Å². The van der Waals surface area contributed by atoms with Crippen LogP contribution in [0.3, 0.4) is 0 Å². The molecule has 2 rings (SSSR count). The zero-order valence-corrected chi connectivity index (χ0v) is 20.7. The minimum absolute atomic E-state index is 0.0975. The molecule has 2 aromatic carbocycles. The molecule has 0 aliphatic heterocycles. The lowest BCUT2D eigenvalue weighted by atomic mass is 9.83. The van der Waals surface area contributed by atoms with E-state index >= 15 is 0 Å². The van der Waals surface area contributed by atoms with Gasteiger partial charge >= 0.3 is 11.9 Å². The second-order valence-electron chi connectivity index (χ2n) is 10.4. The fraction of sp³-hybridized carbons (Fsp3) is 0.448. The number of hydrogen-bond donors (Lipinski definition) is 1. The van der Waals surface area contributed by atoms with Gasteiger partial charge in [0.15, 0.2) is 0 Å². The van der Waals surface area contributed by atoms with E-state index in [0.29, 0.717) is 24.8 Å². The summed E-state index contributed by atoms with van der Waals surface area (Å²) in [4.78, 5) is 23.4. The number of esters is 1. The number of unbranched alkanes of at least 4 members (excludes halogenated alkanes) is 2. The SMILES string of the molecule is CC(C)(C)c1ccc(C#Cc2ccc(C(C)(C)C)c(C(=O)OCCCCCC(=O)O)c2)cc1.